The van der Waals surface area contributed by atoms with Crippen LogP contribution in [-0.2, 0) is 9.53 Å². The van der Waals surface area contributed by atoms with E-state index in [-0.39, 0.29) is 17.4 Å². The van der Waals surface area contributed by atoms with Gasteiger partial charge in [-0.2, -0.15) is 0 Å². The number of hydrogen-bond donors (Lipinski definition) is 1. The predicted molar refractivity (Wildman–Crippen MR) is 58.2 cm³/mol. The first-order chi connectivity index (χ1) is 6.83. The van der Waals surface area contributed by atoms with E-state index in [4.69, 9.17) is 10.5 Å². The molecule has 0 amide bonds. The lowest BCUT2D eigenvalue weighted by atomic mass is 9.80. The molecular formula is C12H21NO2. The molecule has 2 aliphatic carbocycles. The fourth-order valence-corrected chi connectivity index (χ4v) is 3.02. The zero-order chi connectivity index (χ0) is 11.3. The summed E-state index contributed by atoms with van der Waals surface area (Å²) in [6.45, 7) is 5.73. The minimum atomic E-state index is -0.397. The van der Waals surface area contributed by atoms with Crippen LogP contribution in [0, 0.1) is 11.3 Å². The minimum absolute atomic E-state index is 0.0195. The van der Waals surface area contributed by atoms with Crippen LogP contribution < -0.4 is 5.73 Å². The summed E-state index contributed by atoms with van der Waals surface area (Å²) in [4.78, 5) is 12.1. The molecule has 3 heteroatoms. The largest absolute Gasteiger partial charge is 0.459 e. The molecular weight excluding hydrogens is 190 g/mol. The second-order valence-corrected chi connectivity index (χ2v) is 6.11. The van der Waals surface area contributed by atoms with Crippen molar-refractivity contribution in [2.45, 2.75) is 58.1 Å². The van der Waals surface area contributed by atoms with Crippen LogP contribution >= 0.6 is 0 Å². The monoisotopic (exact) mass is 211 g/mol. The quantitative estimate of drug-likeness (QED) is 0.673. The normalized spacial score (nSPS) is 39.5. The first kappa shape index (κ1) is 10.9. The van der Waals surface area contributed by atoms with Crippen LogP contribution in [0.5, 0.6) is 0 Å². The van der Waals surface area contributed by atoms with Gasteiger partial charge in [0.15, 0.2) is 0 Å². The second-order valence-electron chi connectivity index (χ2n) is 6.11. The summed E-state index contributed by atoms with van der Waals surface area (Å²) in [5.41, 5.74) is 5.33. The Labute approximate surface area is 91.4 Å². The highest BCUT2D eigenvalue weighted by molar-refractivity contribution is 5.79. The molecule has 3 atom stereocenters. The number of ether oxygens (including phenoxy) is 1. The number of fused-ring (bicyclic) bond motifs is 2. The summed E-state index contributed by atoms with van der Waals surface area (Å²) in [5, 5.41) is 0. The third-order valence-corrected chi connectivity index (χ3v) is 3.75. The summed E-state index contributed by atoms with van der Waals surface area (Å²) in [6, 6.07) is 0.0195. The summed E-state index contributed by atoms with van der Waals surface area (Å²) in [7, 11) is 0. The molecule has 0 unspecified atom stereocenters. The van der Waals surface area contributed by atoms with Crippen LogP contribution in [-0.4, -0.2) is 17.6 Å². The molecule has 0 spiro atoms. The van der Waals surface area contributed by atoms with Gasteiger partial charge in [-0.25, -0.2) is 0 Å². The molecule has 0 aromatic heterocycles. The molecule has 0 aliphatic heterocycles. The molecule has 2 bridgehead atoms. The van der Waals surface area contributed by atoms with Crippen LogP contribution in [0.2, 0.25) is 0 Å². The van der Waals surface area contributed by atoms with Gasteiger partial charge in [-0.05, 0) is 52.4 Å². The van der Waals surface area contributed by atoms with Crippen LogP contribution in [0.25, 0.3) is 0 Å². The summed E-state index contributed by atoms with van der Waals surface area (Å²) in [5.74, 6) is 0.593. The van der Waals surface area contributed by atoms with E-state index in [1.165, 1.54) is 0 Å². The van der Waals surface area contributed by atoms with Crippen molar-refractivity contribution >= 4 is 5.97 Å². The molecule has 15 heavy (non-hydrogen) atoms. The number of hydrogen-bond acceptors (Lipinski definition) is 3. The molecule has 0 aromatic rings. The molecule has 0 saturated heterocycles. The molecule has 2 fully saturated rings. The average Bonchev–Trinajstić information content (AvgIpc) is 2.58. The minimum Gasteiger partial charge on any atom is -0.459 e. The number of carbonyl (C=O) groups is 1. The maximum absolute atomic E-state index is 12.1. The lowest BCUT2D eigenvalue weighted by Crippen LogP contribution is -2.46. The third kappa shape index (κ3) is 1.78. The van der Waals surface area contributed by atoms with Gasteiger partial charge in [-0.15, -0.1) is 0 Å². The Balaban J connectivity index is 2.12. The smallest absolute Gasteiger partial charge is 0.314 e. The lowest BCUT2D eigenvalue weighted by molar-refractivity contribution is -0.168. The molecule has 86 valence electrons. The summed E-state index contributed by atoms with van der Waals surface area (Å²) in [6.07, 6.45) is 4.02. The van der Waals surface area contributed by atoms with Crippen molar-refractivity contribution in [3.8, 4) is 0 Å². The number of esters is 1. The average molecular weight is 211 g/mol. The Kier molecular flexibility index (Phi) is 2.34. The zero-order valence-corrected chi connectivity index (χ0v) is 9.88. The van der Waals surface area contributed by atoms with Gasteiger partial charge in [0.05, 0.1) is 5.41 Å². The fraction of sp³-hybridized carbons (Fsp3) is 0.917. The highest BCUT2D eigenvalue weighted by atomic mass is 16.6. The Morgan fingerprint density at radius 3 is 2.53 bits per heavy atom. The van der Waals surface area contributed by atoms with Gasteiger partial charge >= 0.3 is 5.97 Å². The molecule has 2 N–H and O–H groups in total. The van der Waals surface area contributed by atoms with Crippen LogP contribution in [0.3, 0.4) is 0 Å². The van der Waals surface area contributed by atoms with E-state index in [0.717, 1.165) is 25.7 Å². The van der Waals surface area contributed by atoms with E-state index in [0.29, 0.717) is 5.92 Å². The van der Waals surface area contributed by atoms with Gasteiger partial charge in [0, 0.05) is 6.04 Å². The number of nitrogens with two attached hydrogens (primary N) is 1. The molecule has 0 heterocycles. The number of rotatable bonds is 1. The van der Waals surface area contributed by atoms with Crippen LogP contribution in [0.4, 0.5) is 0 Å². The van der Waals surface area contributed by atoms with E-state index >= 15 is 0 Å². The van der Waals surface area contributed by atoms with Crippen molar-refractivity contribution in [2.75, 3.05) is 0 Å². The van der Waals surface area contributed by atoms with Crippen molar-refractivity contribution < 1.29 is 9.53 Å². The van der Waals surface area contributed by atoms with Crippen molar-refractivity contribution in [3.05, 3.63) is 0 Å². The first-order valence-electron chi connectivity index (χ1n) is 5.82. The zero-order valence-electron chi connectivity index (χ0n) is 9.88. The van der Waals surface area contributed by atoms with Crippen LogP contribution in [0.1, 0.15) is 46.5 Å². The van der Waals surface area contributed by atoms with Crippen molar-refractivity contribution in [1.29, 1.82) is 0 Å². The van der Waals surface area contributed by atoms with Gasteiger partial charge in [0.2, 0.25) is 0 Å². The molecule has 2 rings (SSSR count). The standard InChI is InChI=1S/C12H21NO2/c1-11(2,3)15-10(14)12-5-4-8(7-12)6-9(12)13/h8-9H,4-7,13H2,1-3H3/t8-,9+,12+/m1/s1. The Morgan fingerprint density at radius 2 is 2.13 bits per heavy atom. The van der Waals surface area contributed by atoms with Gasteiger partial charge in [-0.3, -0.25) is 4.79 Å². The van der Waals surface area contributed by atoms with E-state index in [1.54, 1.807) is 0 Å². The van der Waals surface area contributed by atoms with Gasteiger partial charge in [0.25, 0.3) is 0 Å². The Hall–Kier alpha value is -0.570. The van der Waals surface area contributed by atoms with E-state index in [2.05, 4.69) is 0 Å². The van der Waals surface area contributed by atoms with Crippen molar-refractivity contribution in [1.82, 2.24) is 0 Å². The SMILES string of the molecule is CC(C)(C)OC(=O)[C@]12CC[C@H](C[C@@H]1N)C2. The topological polar surface area (TPSA) is 52.3 Å². The van der Waals surface area contributed by atoms with E-state index in [1.807, 2.05) is 20.8 Å². The Morgan fingerprint density at radius 1 is 1.47 bits per heavy atom. The molecule has 2 saturated carbocycles. The van der Waals surface area contributed by atoms with Crippen molar-refractivity contribution in [2.24, 2.45) is 17.1 Å². The highest BCUT2D eigenvalue weighted by Gasteiger charge is 2.56. The molecule has 0 aromatic carbocycles. The van der Waals surface area contributed by atoms with Gasteiger partial charge < -0.3 is 10.5 Å². The summed E-state index contributed by atoms with van der Waals surface area (Å²) >= 11 is 0. The van der Waals surface area contributed by atoms with Gasteiger partial charge in [-0.1, -0.05) is 0 Å². The Bertz CT molecular complexity index is 282. The van der Waals surface area contributed by atoms with Crippen LogP contribution in [0.15, 0.2) is 0 Å². The van der Waals surface area contributed by atoms with Crippen molar-refractivity contribution in [3.63, 3.8) is 0 Å². The molecule has 0 radical (unpaired) electrons. The fourth-order valence-electron chi connectivity index (χ4n) is 3.02. The number of carbonyl (C=O) groups excluding carboxylic acids is 1. The third-order valence-electron chi connectivity index (χ3n) is 3.75. The lowest BCUT2D eigenvalue weighted by Gasteiger charge is -2.33. The second kappa shape index (κ2) is 3.21. The predicted octanol–water partition coefficient (Wildman–Crippen LogP) is 1.85. The van der Waals surface area contributed by atoms with Gasteiger partial charge in [0.1, 0.15) is 5.60 Å². The summed E-state index contributed by atoms with van der Waals surface area (Å²) < 4.78 is 5.49. The maximum Gasteiger partial charge on any atom is 0.314 e. The molecule has 2 aliphatic rings. The highest BCUT2D eigenvalue weighted by Crippen LogP contribution is 2.54. The molecule has 3 nitrogen and oxygen atoms in total. The van der Waals surface area contributed by atoms with E-state index < -0.39 is 5.60 Å². The maximum atomic E-state index is 12.1. The van der Waals surface area contributed by atoms with E-state index in [9.17, 15) is 4.79 Å². The first-order valence-corrected chi connectivity index (χ1v) is 5.82.